The van der Waals surface area contributed by atoms with Gasteiger partial charge >= 0.3 is 5.97 Å². The maximum absolute atomic E-state index is 12.6. The highest BCUT2D eigenvalue weighted by molar-refractivity contribution is 7.89. The van der Waals surface area contributed by atoms with E-state index in [4.69, 9.17) is 28.3 Å². The summed E-state index contributed by atoms with van der Waals surface area (Å²) in [6.07, 6.45) is 0. The van der Waals surface area contributed by atoms with Crippen LogP contribution in [0.3, 0.4) is 0 Å². The van der Waals surface area contributed by atoms with Crippen molar-refractivity contribution in [2.75, 3.05) is 13.1 Å². The van der Waals surface area contributed by atoms with Crippen LogP contribution in [0.15, 0.2) is 11.0 Å². The van der Waals surface area contributed by atoms with Crippen LogP contribution in [0.1, 0.15) is 18.1 Å². The molecule has 0 aliphatic rings. The van der Waals surface area contributed by atoms with Crippen molar-refractivity contribution in [1.82, 2.24) is 4.31 Å². The maximum Gasteiger partial charge on any atom is 0.318 e. The first-order valence-electron chi connectivity index (χ1n) is 5.80. The number of hydrogen-bond donors (Lipinski definition) is 1. The standard InChI is InChI=1S/C12H15Cl2NO4S/c1-4-15(6-10(16)17)20(18,19)12-8(3)9(13)5-7(2)11(12)14/h5H,4,6H2,1-3H3,(H,16,17). The number of likely N-dealkylation sites (N-methyl/N-ethyl adjacent to an activating group) is 1. The SMILES string of the molecule is CCN(CC(=O)O)S(=O)(=O)c1c(C)c(Cl)cc(C)c1Cl. The van der Waals surface area contributed by atoms with Crippen molar-refractivity contribution < 1.29 is 18.3 Å². The lowest BCUT2D eigenvalue weighted by Crippen LogP contribution is -2.36. The van der Waals surface area contributed by atoms with Crippen LogP contribution in [0.5, 0.6) is 0 Å². The average Bonchev–Trinajstić information content (AvgIpc) is 2.33. The molecule has 0 saturated heterocycles. The van der Waals surface area contributed by atoms with Gasteiger partial charge in [0.25, 0.3) is 0 Å². The van der Waals surface area contributed by atoms with Gasteiger partial charge < -0.3 is 5.11 Å². The Bertz CT molecular complexity index is 617. The molecule has 0 aliphatic heterocycles. The number of hydrogen-bond acceptors (Lipinski definition) is 3. The van der Waals surface area contributed by atoms with Gasteiger partial charge in [0.1, 0.15) is 11.4 Å². The van der Waals surface area contributed by atoms with Gasteiger partial charge in [-0.25, -0.2) is 8.42 Å². The third-order valence-corrected chi connectivity index (χ3v) is 5.93. The zero-order chi connectivity index (χ0) is 15.7. The molecule has 1 rings (SSSR count). The summed E-state index contributed by atoms with van der Waals surface area (Å²) >= 11 is 12.1. The smallest absolute Gasteiger partial charge is 0.318 e. The first-order chi connectivity index (χ1) is 9.12. The number of carboxylic acids is 1. The monoisotopic (exact) mass is 339 g/mol. The summed E-state index contributed by atoms with van der Waals surface area (Å²) in [6.45, 7) is 4.13. The zero-order valence-electron chi connectivity index (χ0n) is 11.3. The van der Waals surface area contributed by atoms with Crippen molar-refractivity contribution in [1.29, 1.82) is 0 Å². The van der Waals surface area contributed by atoms with Crippen LogP contribution in [0, 0.1) is 13.8 Å². The van der Waals surface area contributed by atoms with Crippen molar-refractivity contribution in [2.45, 2.75) is 25.7 Å². The summed E-state index contributed by atoms with van der Waals surface area (Å²) in [6, 6.07) is 1.58. The molecule has 0 bridgehead atoms. The molecule has 0 aromatic heterocycles. The molecule has 0 amide bonds. The Balaban J connectivity index is 3.53. The fourth-order valence-electron chi connectivity index (χ4n) is 1.77. The maximum atomic E-state index is 12.6. The van der Waals surface area contributed by atoms with Crippen LogP contribution in [-0.4, -0.2) is 36.9 Å². The van der Waals surface area contributed by atoms with E-state index in [0.717, 1.165) is 4.31 Å². The van der Waals surface area contributed by atoms with Gasteiger partial charge in [-0.2, -0.15) is 4.31 Å². The van der Waals surface area contributed by atoms with E-state index in [0.29, 0.717) is 11.1 Å². The molecule has 20 heavy (non-hydrogen) atoms. The molecule has 112 valence electrons. The number of carbonyl (C=O) groups is 1. The molecule has 1 N–H and O–H groups in total. The number of rotatable bonds is 5. The van der Waals surface area contributed by atoms with Crippen LogP contribution in [0.4, 0.5) is 0 Å². The minimum absolute atomic E-state index is 0.0238. The van der Waals surface area contributed by atoms with Crippen LogP contribution < -0.4 is 0 Å². The van der Waals surface area contributed by atoms with Gasteiger partial charge in [-0.05, 0) is 31.0 Å². The van der Waals surface area contributed by atoms with Crippen LogP contribution >= 0.6 is 23.2 Å². The number of carboxylic acid groups (broad SMARTS) is 1. The van der Waals surface area contributed by atoms with E-state index in [1.54, 1.807) is 19.9 Å². The van der Waals surface area contributed by atoms with Gasteiger partial charge in [0, 0.05) is 11.6 Å². The van der Waals surface area contributed by atoms with Crippen molar-refractivity contribution in [3.8, 4) is 0 Å². The van der Waals surface area contributed by atoms with Crippen LogP contribution in [-0.2, 0) is 14.8 Å². The average molecular weight is 340 g/mol. The lowest BCUT2D eigenvalue weighted by molar-refractivity contribution is -0.137. The van der Waals surface area contributed by atoms with E-state index in [-0.39, 0.29) is 21.5 Å². The molecule has 1 aromatic rings. The molecular formula is C12H15Cl2NO4S. The highest BCUT2D eigenvalue weighted by Gasteiger charge is 2.30. The summed E-state index contributed by atoms with van der Waals surface area (Å²) in [4.78, 5) is 10.7. The molecule has 1 aromatic carbocycles. The van der Waals surface area contributed by atoms with Gasteiger partial charge in [-0.1, -0.05) is 30.1 Å². The van der Waals surface area contributed by atoms with Crippen molar-refractivity contribution in [3.63, 3.8) is 0 Å². The van der Waals surface area contributed by atoms with Gasteiger partial charge in [-0.15, -0.1) is 0 Å². The molecular weight excluding hydrogens is 325 g/mol. The number of nitrogens with zero attached hydrogens (tertiary/aromatic N) is 1. The predicted octanol–water partition coefficient (Wildman–Crippen LogP) is 2.71. The van der Waals surface area contributed by atoms with Gasteiger partial charge in [0.05, 0.1) is 5.02 Å². The fraction of sp³-hybridized carbons (Fsp3) is 0.417. The molecule has 0 radical (unpaired) electrons. The molecule has 8 heteroatoms. The van der Waals surface area contributed by atoms with Gasteiger partial charge in [-0.3, -0.25) is 4.79 Å². The summed E-state index contributed by atoms with van der Waals surface area (Å²) in [5.74, 6) is -1.23. The minimum Gasteiger partial charge on any atom is -0.480 e. The quantitative estimate of drug-likeness (QED) is 0.894. The Morgan fingerprint density at radius 3 is 2.35 bits per heavy atom. The largest absolute Gasteiger partial charge is 0.480 e. The number of benzene rings is 1. The fourth-order valence-corrected chi connectivity index (χ4v) is 4.33. The van der Waals surface area contributed by atoms with E-state index in [9.17, 15) is 13.2 Å². The third kappa shape index (κ3) is 3.25. The van der Waals surface area contributed by atoms with Crippen molar-refractivity contribution in [2.24, 2.45) is 0 Å². The molecule has 0 aliphatic carbocycles. The summed E-state index contributed by atoms with van der Waals surface area (Å²) in [5.41, 5.74) is 0.832. The first kappa shape index (κ1) is 17.2. The van der Waals surface area contributed by atoms with Gasteiger partial charge in [0.15, 0.2) is 0 Å². The van der Waals surface area contributed by atoms with E-state index in [1.165, 1.54) is 6.92 Å². The summed E-state index contributed by atoms with van der Waals surface area (Å²) in [7, 11) is -4.02. The summed E-state index contributed by atoms with van der Waals surface area (Å²) in [5, 5.41) is 9.15. The van der Waals surface area contributed by atoms with E-state index < -0.39 is 22.5 Å². The normalized spacial score (nSPS) is 11.9. The van der Waals surface area contributed by atoms with Gasteiger partial charge in [0.2, 0.25) is 10.0 Å². The second-order valence-corrected chi connectivity index (χ2v) is 6.93. The van der Waals surface area contributed by atoms with Crippen LogP contribution in [0.2, 0.25) is 10.0 Å². The second kappa shape index (κ2) is 6.30. The highest BCUT2D eigenvalue weighted by atomic mass is 35.5. The highest BCUT2D eigenvalue weighted by Crippen LogP contribution is 2.35. The molecule has 0 spiro atoms. The molecule has 0 fully saturated rings. The number of sulfonamides is 1. The molecule has 5 nitrogen and oxygen atoms in total. The second-order valence-electron chi connectivity index (χ2n) is 4.27. The van der Waals surface area contributed by atoms with Crippen molar-refractivity contribution >= 4 is 39.2 Å². The zero-order valence-corrected chi connectivity index (χ0v) is 13.6. The molecule has 0 saturated carbocycles. The molecule has 0 unspecified atom stereocenters. The Morgan fingerprint density at radius 2 is 1.90 bits per heavy atom. The van der Waals surface area contributed by atoms with E-state index >= 15 is 0 Å². The Kier molecular flexibility index (Phi) is 5.43. The molecule has 0 heterocycles. The first-order valence-corrected chi connectivity index (χ1v) is 7.99. The van der Waals surface area contributed by atoms with Crippen LogP contribution in [0.25, 0.3) is 0 Å². The topological polar surface area (TPSA) is 74.7 Å². The third-order valence-electron chi connectivity index (χ3n) is 2.85. The lowest BCUT2D eigenvalue weighted by Gasteiger charge is -2.21. The molecule has 0 atom stereocenters. The number of aryl methyl sites for hydroxylation is 1. The van der Waals surface area contributed by atoms with Crippen molar-refractivity contribution in [3.05, 3.63) is 27.2 Å². The Labute approximate surface area is 128 Å². The number of aliphatic carboxylic acids is 1. The number of halogens is 2. The van der Waals surface area contributed by atoms with E-state index in [1.807, 2.05) is 0 Å². The van der Waals surface area contributed by atoms with E-state index in [2.05, 4.69) is 0 Å². The Hall–Kier alpha value is -0.820. The lowest BCUT2D eigenvalue weighted by atomic mass is 10.2. The summed E-state index contributed by atoms with van der Waals surface area (Å²) < 4.78 is 26.0. The predicted molar refractivity (Wildman–Crippen MR) is 78.0 cm³/mol. The minimum atomic E-state index is -4.02. The Morgan fingerprint density at radius 1 is 1.35 bits per heavy atom.